The molecule has 3 heterocycles. The summed E-state index contributed by atoms with van der Waals surface area (Å²) in [6.45, 7) is 8.10. The van der Waals surface area contributed by atoms with Gasteiger partial charge < -0.3 is 5.32 Å². The quantitative estimate of drug-likeness (QED) is 0.352. The predicted molar refractivity (Wildman–Crippen MR) is 143 cm³/mol. The molecule has 37 heavy (non-hydrogen) atoms. The van der Waals surface area contributed by atoms with E-state index in [4.69, 9.17) is 4.99 Å². The zero-order valence-corrected chi connectivity index (χ0v) is 21.5. The van der Waals surface area contributed by atoms with Gasteiger partial charge in [-0.2, -0.15) is 0 Å². The fourth-order valence-corrected chi connectivity index (χ4v) is 4.79. The number of thiazole rings is 1. The summed E-state index contributed by atoms with van der Waals surface area (Å²) in [6, 6.07) is 14.8. The van der Waals surface area contributed by atoms with Crippen LogP contribution >= 0.6 is 11.3 Å². The molecule has 5 rings (SSSR count). The fraction of sp³-hybridized carbons (Fsp3) is 0.259. The summed E-state index contributed by atoms with van der Waals surface area (Å²) in [5, 5.41) is 4.81. The van der Waals surface area contributed by atoms with Crippen molar-refractivity contribution in [3.8, 4) is 0 Å². The lowest BCUT2D eigenvalue weighted by molar-refractivity contribution is -0.134. The van der Waals surface area contributed by atoms with Crippen molar-refractivity contribution in [2.24, 2.45) is 4.99 Å². The molecule has 0 aliphatic carbocycles. The summed E-state index contributed by atoms with van der Waals surface area (Å²) in [4.78, 5) is 28.6. The first-order valence-electron chi connectivity index (χ1n) is 11.9. The van der Waals surface area contributed by atoms with Crippen LogP contribution in [0.2, 0.25) is 0 Å². The lowest BCUT2D eigenvalue weighted by atomic mass is 10.1. The Bertz CT molecular complexity index is 1470. The highest BCUT2D eigenvalue weighted by Gasteiger charge is 2.43. The number of likely N-dealkylation sites (tertiary alicyclic amines) is 1. The molecule has 1 N–H and O–H groups in total. The number of carbonyl (C=O) groups is 1. The van der Waals surface area contributed by atoms with Crippen molar-refractivity contribution in [2.45, 2.75) is 32.9 Å². The van der Waals surface area contributed by atoms with Gasteiger partial charge in [-0.3, -0.25) is 24.2 Å². The number of hydrogen-bond donors (Lipinski definition) is 1. The van der Waals surface area contributed by atoms with Gasteiger partial charge in [0, 0.05) is 29.5 Å². The molecule has 1 fully saturated rings. The van der Waals surface area contributed by atoms with Gasteiger partial charge in [-0.25, -0.2) is 13.8 Å². The van der Waals surface area contributed by atoms with Gasteiger partial charge in [0.2, 0.25) is 0 Å². The number of alkyl halides is 2. The molecule has 4 aromatic rings. The smallest absolute Gasteiger partial charge is 0.275 e. The van der Waals surface area contributed by atoms with E-state index in [0.717, 1.165) is 16.8 Å². The molecule has 0 radical (unpaired) electrons. The van der Waals surface area contributed by atoms with E-state index in [-0.39, 0.29) is 24.7 Å². The first kappa shape index (κ1) is 26.3. The molecule has 1 aliphatic rings. The SMILES string of the molecule is C=Cn1c(CN2CC(F)(F)C2)csc1=NCc1ccccc1NC(=O)c1cnc2ccccc2n1.CC. The van der Waals surface area contributed by atoms with Crippen molar-refractivity contribution in [1.82, 2.24) is 19.4 Å². The largest absolute Gasteiger partial charge is 0.320 e. The first-order valence-corrected chi connectivity index (χ1v) is 12.8. The Morgan fingerprint density at radius 2 is 1.86 bits per heavy atom. The summed E-state index contributed by atoms with van der Waals surface area (Å²) in [5.41, 5.74) is 3.89. The van der Waals surface area contributed by atoms with E-state index in [1.165, 1.54) is 17.5 Å². The average Bonchev–Trinajstić information content (AvgIpc) is 3.29. The minimum absolute atomic E-state index is 0.222. The molecule has 2 aromatic heterocycles. The number of para-hydroxylation sites is 3. The van der Waals surface area contributed by atoms with Crippen molar-refractivity contribution in [1.29, 1.82) is 0 Å². The van der Waals surface area contributed by atoms with Crippen molar-refractivity contribution >= 4 is 40.2 Å². The number of benzene rings is 2. The summed E-state index contributed by atoms with van der Waals surface area (Å²) in [5.74, 6) is -2.96. The van der Waals surface area contributed by atoms with E-state index in [0.29, 0.717) is 29.1 Å². The van der Waals surface area contributed by atoms with Crippen molar-refractivity contribution < 1.29 is 13.6 Å². The van der Waals surface area contributed by atoms with Gasteiger partial charge in [0.15, 0.2) is 4.80 Å². The molecule has 0 bridgehead atoms. The van der Waals surface area contributed by atoms with Gasteiger partial charge in [0.25, 0.3) is 11.8 Å². The third-order valence-electron chi connectivity index (χ3n) is 5.63. The summed E-state index contributed by atoms with van der Waals surface area (Å²) in [7, 11) is 0. The second kappa shape index (κ2) is 11.5. The third kappa shape index (κ3) is 6.15. The zero-order valence-electron chi connectivity index (χ0n) is 20.7. The number of fused-ring (bicyclic) bond motifs is 1. The second-order valence-corrected chi connectivity index (χ2v) is 9.07. The van der Waals surface area contributed by atoms with Crippen LogP contribution in [0, 0.1) is 0 Å². The van der Waals surface area contributed by atoms with Gasteiger partial charge in [0.05, 0.1) is 36.9 Å². The molecular formula is C27H28F2N6OS. The highest BCUT2D eigenvalue weighted by molar-refractivity contribution is 7.07. The van der Waals surface area contributed by atoms with E-state index in [1.54, 1.807) is 11.1 Å². The molecule has 192 valence electrons. The van der Waals surface area contributed by atoms with Crippen LogP contribution in [0.15, 0.2) is 71.7 Å². The van der Waals surface area contributed by atoms with Gasteiger partial charge in [-0.15, -0.1) is 11.3 Å². The maximum absolute atomic E-state index is 13.2. The summed E-state index contributed by atoms with van der Waals surface area (Å²) in [6.07, 6.45) is 3.09. The fourth-order valence-electron chi connectivity index (χ4n) is 3.91. The number of amides is 1. The number of nitrogens with one attached hydrogen (secondary N) is 1. The first-order chi connectivity index (χ1) is 17.9. The second-order valence-electron chi connectivity index (χ2n) is 8.23. The Kier molecular flexibility index (Phi) is 8.20. The normalized spacial score (nSPS) is 15.0. The highest BCUT2D eigenvalue weighted by Crippen LogP contribution is 2.28. The van der Waals surface area contributed by atoms with Gasteiger partial charge in [-0.05, 0) is 23.8 Å². The average molecular weight is 523 g/mol. The van der Waals surface area contributed by atoms with Crippen LogP contribution in [-0.2, 0) is 13.1 Å². The number of anilines is 1. The van der Waals surface area contributed by atoms with Crippen LogP contribution in [0.25, 0.3) is 17.2 Å². The molecule has 0 spiro atoms. The number of halogens is 2. The summed E-state index contributed by atoms with van der Waals surface area (Å²) >= 11 is 1.42. The molecule has 1 aliphatic heterocycles. The lowest BCUT2D eigenvalue weighted by Crippen LogP contribution is -2.55. The topological polar surface area (TPSA) is 75.4 Å². The predicted octanol–water partition coefficient (Wildman–Crippen LogP) is 5.42. The van der Waals surface area contributed by atoms with Gasteiger partial charge >= 0.3 is 0 Å². The van der Waals surface area contributed by atoms with Crippen LogP contribution in [-0.4, -0.2) is 44.4 Å². The van der Waals surface area contributed by atoms with E-state index < -0.39 is 5.92 Å². The van der Waals surface area contributed by atoms with E-state index in [9.17, 15) is 13.6 Å². The van der Waals surface area contributed by atoms with Crippen molar-refractivity contribution in [2.75, 3.05) is 18.4 Å². The van der Waals surface area contributed by atoms with Crippen molar-refractivity contribution in [3.63, 3.8) is 0 Å². The number of carbonyl (C=O) groups excluding carboxylic acids is 1. The Morgan fingerprint density at radius 1 is 1.16 bits per heavy atom. The molecule has 0 saturated carbocycles. The molecule has 10 heteroatoms. The molecule has 0 atom stereocenters. The molecule has 2 aromatic carbocycles. The van der Waals surface area contributed by atoms with E-state index in [2.05, 4.69) is 21.9 Å². The minimum atomic E-state index is -2.60. The van der Waals surface area contributed by atoms with Crippen LogP contribution in [0.3, 0.4) is 0 Å². The Balaban J connectivity index is 0.00000156. The van der Waals surface area contributed by atoms with E-state index in [1.807, 2.05) is 72.3 Å². The number of nitrogens with zero attached hydrogens (tertiary/aromatic N) is 5. The number of rotatable bonds is 7. The van der Waals surface area contributed by atoms with E-state index >= 15 is 0 Å². The molecular weight excluding hydrogens is 494 g/mol. The lowest BCUT2D eigenvalue weighted by Gasteiger charge is -2.38. The maximum Gasteiger partial charge on any atom is 0.275 e. The third-order valence-corrected chi connectivity index (χ3v) is 6.55. The highest BCUT2D eigenvalue weighted by atomic mass is 32.1. The number of hydrogen-bond acceptors (Lipinski definition) is 6. The minimum Gasteiger partial charge on any atom is -0.320 e. The molecule has 1 saturated heterocycles. The van der Waals surface area contributed by atoms with Crippen LogP contribution in [0.4, 0.5) is 14.5 Å². The molecule has 0 unspecified atom stereocenters. The Morgan fingerprint density at radius 3 is 2.59 bits per heavy atom. The van der Waals surface area contributed by atoms with Crippen LogP contribution in [0.1, 0.15) is 35.6 Å². The van der Waals surface area contributed by atoms with Crippen molar-refractivity contribution in [3.05, 3.63) is 88.4 Å². The monoisotopic (exact) mass is 522 g/mol. The number of aromatic nitrogens is 3. The van der Waals surface area contributed by atoms with Gasteiger partial charge in [-0.1, -0.05) is 50.8 Å². The molecule has 1 amide bonds. The zero-order chi connectivity index (χ0) is 26.4. The van der Waals surface area contributed by atoms with Crippen LogP contribution in [0.5, 0.6) is 0 Å². The Hall–Kier alpha value is -3.76. The molecule has 7 nitrogen and oxygen atoms in total. The van der Waals surface area contributed by atoms with Crippen LogP contribution < -0.4 is 10.1 Å². The maximum atomic E-state index is 13.2. The summed E-state index contributed by atoms with van der Waals surface area (Å²) < 4.78 is 28.2. The standard InChI is InChI=1S/C25H22F2N6OS.C2H6/c1-2-33-18(13-32-15-25(26,27)16-32)14-35-24(33)29-11-17-7-3-4-8-19(17)31-23(34)22-12-28-20-9-5-6-10-21(20)30-22;1-2/h2-10,12,14H,1,11,13,15-16H2,(H,31,34);1-2H3. The Labute approximate surface area is 217 Å². The van der Waals surface area contributed by atoms with Gasteiger partial charge in [0.1, 0.15) is 5.69 Å².